The van der Waals surface area contributed by atoms with E-state index in [4.69, 9.17) is 5.11 Å². The number of nitro groups is 1. The molecule has 0 aliphatic rings. The number of hydrogen-bond donors (Lipinski definition) is 2. The predicted molar refractivity (Wildman–Crippen MR) is 73.2 cm³/mol. The molecule has 0 saturated heterocycles. The molecule has 0 saturated carbocycles. The first-order chi connectivity index (χ1) is 9.13. The highest BCUT2D eigenvalue weighted by molar-refractivity contribution is 5.96. The lowest BCUT2D eigenvalue weighted by Crippen LogP contribution is -2.16. The third kappa shape index (κ3) is 2.79. The predicted octanol–water partition coefficient (Wildman–Crippen LogP) is 2.33. The summed E-state index contributed by atoms with van der Waals surface area (Å²) in [6.45, 7) is 2.04. The van der Waals surface area contributed by atoms with Gasteiger partial charge in [0, 0.05) is 36.0 Å². The monoisotopic (exact) mass is 261 g/mol. The Kier molecular flexibility index (Phi) is 3.91. The fraction of sp³-hybridized carbons (Fsp3) is 0.308. The van der Waals surface area contributed by atoms with Gasteiger partial charge < -0.3 is 10.4 Å². The lowest BCUT2D eigenvalue weighted by molar-refractivity contribution is -0.383. The van der Waals surface area contributed by atoms with Crippen LogP contribution in [0.3, 0.4) is 0 Å². The number of aliphatic hydroxyl groups is 1. The maximum Gasteiger partial charge on any atom is 0.295 e. The SMILES string of the molecule is CC(CCO)Nc1ccc([N+](=O)[O-])c2ncccc12. The number of rotatable bonds is 5. The lowest BCUT2D eigenvalue weighted by Gasteiger charge is -2.15. The van der Waals surface area contributed by atoms with E-state index in [-0.39, 0.29) is 18.3 Å². The lowest BCUT2D eigenvalue weighted by atomic mass is 10.1. The van der Waals surface area contributed by atoms with Gasteiger partial charge in [-0.1, -0.05) is 0 Å². The molecule has 1 heterocycles. The summed E-state index contributed by atoms with van der Waals surface area (Å²) in [5.41, 5.74) is 1.15. The summed E-state index contributed by atoms with van der Waals surface area (Å²) < 4.78 is 0. The van der Waals surface area contributed by atoms with E-state index >= 15 is 0 Å². The minimum absolute atomic E-state index is 0.00374. The number of anilines is 1. The van der Waals surface area contributed by atoms with Gasteiger partial charge in [0.25, 0.3) is 5.69 Å². The molecule has 0 radical (unpaired) electrons. The van der Waals surface area contributed by atoms with E-state index in [1.54, 1.807) is 18.2 Å². The van der Waals surface area contributed by atoms with Crippen LogP contribution in [-0.4, -0.2) is 27.7 Å². The van der Waals surface area contributed by atoms with Gasteiger partial charge in [-0.25, -0.2) is 4.98 Å². The zero-order valence-corrected chi connectivity index (χ0v) is 10.5. The molecule has 6 heteroatoms. The minimum Gasteiger partial charge on any atom is -0.396 e. The largest absolute Gasteiger partial charge is 0.396 e. The van der Waals surface area contributed by atoms with Crippen LogP contribution in [0.4, 0.5) is 11.4 Å². The average molecular weight is 261 g/mol. The molecule has 1 atom stereocenters. The van der Waals surface area contributed by atoms with Crippen LogP contribution in [0.1, 0.15) is 13.3 Å². The molecule has 6 nitrogen and oxygen atoms in total. The van der Waals surface area contributed by atoms with E-state index in [1.165, 1.54) is 12.3 Å². The van der Waals surface area contributed by atoms with Crippen molar-refractivity contribution in [2.75, 3.05) is 11.9 Å². The van der Waals surface area contributed by atoms with E-state index in [9.17, 15) is 10.1 Å². The van der Waals surface area contributed by atoms with Crippen molar-refractivity contribution in [1.82, 2.24) is 4.98 Å². The summed E-state index contributed by atoms with van der Waals surface area (Å²) in [6.07, 6.45) is 2.15. The van der Waals surface area contributed by atoms with E-state index in [0.29, 0.717) is 17.3 Å². The summed E-state index contributed by atoms with van der Waals surface area (Å²) in [6, 6.07) is 6.74. The molecule has 2 rings (SSSR count). The van der Waals surface area contributed by atoms with Gasteiger partial charge in [-0.05, 0) is 31.5 Å². The van der Waals surface area contributed by atoms with Crippen molar-refractivity contribution in [3.63, 3.8) is 0 Å². The number of aliphatic hydroxyl groups excluding tert-OH is 1. The molecule has 2 aromatic rings. The van der Waals surface area contributed by atoms with Gasteiger partial charge in [-0.15, -0.1) is 0 Å². The van der Waals surface area contributed by atoms with Gasteiger partial charge in [-0.2, -0.15) is 0 Å². The number of fused-ring (bicyclic) bond motifs is 1. The van der Waals surface area contributed by atoms with Gasteiger partial charge in [-0.3, -0.25) is 10.1 Å². The van der Waals surface area contributed by atoms with Gasteiger partial charge in [0.05, 0.1) is 4.92 Å². The molecule has 100 valence electrons. The molecule has 1 unspecified atom stereocenters. The Hall–Kier alpha value is -2.21. The summed E-state index contributed by atoms with van der Waals surface area (Å²) in [4.78, 5) is 14.6. The number of nitro benzene ring substituents is 1. The number of hydrogen-bond acceptors (Lipinski definition) is 5. The topological polar surface area (TPSA) is 88.3 Å². The number of aromatic nitrogens is 1. The van der Waals surface area contributed by atoms with Crippen molar-refractivity contribution >= 4 is 22.3 Å². The highest BCUT2D eigenvalue weighted by Gasteiger charge is 2.15. The van der Waals surface area contributed by atoms with Gasteiger partial charge in [0.2, 0.25) is 0 Å². The molecule has 19 heavy (non-hydrogen) atoms. The van der Waals surface area contributed by atoms with Gasteiger partial charge in [0.15, 0.2) is 0 Å². The van der Waals surface area contributed by atoms with Crippen molar-refractivity contribution in [2.24, 2.45) is 0 Å². The second-order valence-corrected chi connectivity index (χ2v) is 4.35. The highest BCUT2D eigenvalue weighted by Crippen LogP contribution is 2.30. The Morgan fingerprint density at radius 1 is 1.47 bits per heavy atom. The van der Waals surface area contributed by atoms with Gasteiger partial charge in [0.1, 0.15) is 5.52 Å². The van der Waals surface area contributed by atoms with Crippen LogP contribution in [0.5, 0.6) is 0 Å². The molecule has 0 aliphatic carbocycles. The van der Waals surface area contributed by atoms with Crippen LogP contribution >= 0.6 is 0 Å². The standard InChI is InChI=1S/C13H15N3O3/c1-9(6-8-17)15-11-4-5-12(16(18)19)13-10(11)3-2-7-14-13/h2-5,7,9,15,17H,6,8H2,1H3. The van der Waals surface area contributed by atoms with E-state index in [2.05, 4.69) is 10.3 Å². The Balaban J connectivity index is 2.46. The normalized spacial score (nSPS) is 12.3. The van der Waals surface area contributed by atoms with Crippen molar-refractivity contribution in [2.45, 2.75) is 19.4 Å². The van der Waals surface area contributed by atoms with Crippen molar-refractivity contribution in [3.8, 4) is 0 Å². The quantitative estimate of drug-likeness (QED) is 0.637. The van der Waals surface area contributed by atoms with Crippen molar-refractivity contribution in [3.05, 3.63) is 40.6 Å². The molecule has 2 N–H and O–H groups in total. The maximum absolute atomic E-state index is 11.0. The Morgan fingerprint density at radius 2 is 2.26 bits per heavy atom. The molecule has 0 fully saturated rings. The smallest absolute Gasteiger partial charge is 0.295 e. The molecular weight excluding hydrogens is 246 g/mol. The zero-order chi connectivity index (χ0) is 13.8. The third-order valence-corrected chi connectivity index (χ3v) is 2.91. The van der Waals surface area contributed by atoms with E-state index < -0.39 is 4.92 Å². The number of benzene rings is 1. The zero-order valence-electron chi connectivity index (χ0n) is 10.5. The molecule has 0 aliphatic heterocycles. The fourth-order valence-electron chi connectivity index (χ4n) is 1.96. The fourth-order valence-corrected chi connectivity index (χ4v) is 1.96. The molecule has 1 aromatic carbocycles. The maximum atomic E-state index is 11.0. The van der Waals surface area contributed by atoms with Crippen LogP contribution < -0.4 is 5.32 Å². The van der Waals surface area contributed by atoms with Crippen molar-refractivity contribution in [1.29, 1.82) is 0 Å². The molecule has 1 aromatic heterocycles. The Labute approximate surface area is 110 Å². The van der Waals surface area contributed by atoms with E-state index in [0.717, 1.165) is 5.69 Å². The first-order valence-electron chi connectivity index (χ1n) is 6.03. The van der Waals surface area contributed by atoms with Gasteiger partial charge >= 0.3 is 0 Å². The number of pyridine rings is 1. The molecule has 0 spiro atoms. The minimum atomic E-state index is -0.434. The number of nitrogens with zero attached hydrogens (tertiary/aromatic N) is 2. The van der Waals surface area contributed by atoms with Crippen LogP contribution in [0, 0.1) is 10.1 Å². The van der Waals surface area contributed by atoms with Crippen molar-refractivity contribution < 1.29 is 10.0 Å². The second-order valence-electron chi connectivity index (χ2n) is 4.35. The first-order valence-corrected chi connectivity index (χ1v) is 6.03. The van der Waals surface area contributed by atoms with Crippen LogP contribution in [-0.2, 0) is 0 Å². The summed E-state index contributed by atoms with van der Waals surface area (Å²) in [5, 5.41) is 23.8. The summed E-state index contributed by atoms with van der Waals surface area (Å²) in [5.74, 6) is 0. The highest BCUT2D eigenvalue weighted by atomic mass is 16.6. The van der Waals surface area contributed by atoms with Crippen LogP contribution in [0.2, 0.25) is 0 Å². The summed E-state index contributed by atoms with van der Waals surface area (Å²) >= 11 is 0. The second kappa shape index (κ2) is 5.62. The Bertz CT molecular complexity index is 601. The summed E-state index contributed by atoms with van der Waals surface area (Å²) in [7, 11) is 0. The Morgan fingerprint density at radius 3 is 2.95 bits per heavy atom. The molecular formula is C13H15N3O3. The molecule has 0 amide bonds. The first kappa shape index (κ1) is 13.2. The number of nitrogens with one attached hydrogen (secondary N) is 1. The van der Waals surface area contributed by atoms with Crippen LogP contribution in [0.15, 0.2) is 30.5 Å². The molecule has 0 bridgehead atoms. The average Bonchev–Trinajstić information content (AvgIpc) is 2.39. The van der Waals surface area contributed by atoms with E-state index in [1.807, 2.05) is 6.92 Å². The number of non-ortho nitro benzene ring substituents is 1. The third-order valence-electron chi connectivity index (χ3n) is 2.91. The van der Waals surface area contributed by atoms with Crippen LogP contribution in [0.25, 0.3) is 10.9 Å².